The van der Waals surface area contributed by atoms with Crippen LogP contribution < -0.4 is 0 Å². The Labute approximate surface area is 169 Å². The maximum absolute atomic E-state index is 12.6. The molecule has 0 aromatic heterocycles. The minimum absolute atomic E-state index is 0.114. The zero-order valence-corrected chi connectivity index (χ0v) is 21.6. The van der Waals surface area contributed by atoms with Gasteiger partial charge in [0.2, 0.25) is 0 Å². The molecule has 27 heavy (non-hydrogen) atoms. The van der Waals surface area contributed by atoms with Crippen LogP contribution in [-0.4, -0.2) is 37.5 Å². The Balaban J connectivity index is 6.18. The molecule has 0 fully saturated rings. The van der Waals surface area contributed by atoms with Gasteiger partial charge >= 0.3 is 170 Å². The second kappa shape index (κ2) is 8.97. The molecule has 0 aliphatic rings. The molecule has 0 saturated carbocycles. The number of hydrogen-bond donors (Lipinski definition) is 0. The number of allylic oxidation sites excluding steroid dienone is 2. The van der Waals surface area contributed by atoms with Gasteiger partial charge in [0, 0.05) is 0 Å². The summed E-state index contributed by atoms with van der Waals surface area (Å²) in [6.07, 6.45) is 1.79. The first-order valence-electron chi connectivity index (χ1n) is 9.14. The molecule has 6 nitrogen and oxygen atoms in total. The summed E-state index contributed by atoms with van der Waals surface area (Å²) >= 11 is -4.95. The molecule has 0 saturated heterocycles. The quantitative estimate of drug-likeness (QED) is 0.412. The van der Waals surface area contributed by atoms with E-state index in [2.05, 4.69) is 0 Å². The fourth-order valence-electron chi connectivity index (χ4n) is 1.40. The summed E-state index contributed by atoms with van der Waals surface area (Å²) in [7, 11) is 0. The molecule has 0 radical (unpaired) electrons. The van der Waals surface area contributed by atoms with E-state index in [9.17, 15) is 14.4 Å². The van der Waals surface area contributed by atoms with Crippen molar-refractivity contribution >= 4 is 37.5 Å². The van der Waals surface area contributed by atoms with Gasteiger partial charge in [-0.2, -0.15) is 0 Å². The first-order chi connectivity index (χ1) is 11.8. The monoisotopic (exact) mass is 492 g/mol. The third-order valence-corrected chi connectivity index (χ3v) is 9.60. The van der Waals surface area contributed by atoms with E-state index >= 15 is 0 Å². The van der Waals surface area contributed by atoms with E-state index < -0.39 is 53.8 Å². The van der Waals surface area contributed by atoms with Crippen molar-refractivity contribution in [3.05, 3.63) is 11.6 Å². The van der Waals surface area contributed by atoms with Gasteiger partial charge < -0.3 is 0 Å². The van der Waals surface area contributed by atoms with E-state index in [1.165, 1.54) is 0 Å². The molecule has 0 aliphatic carbocycles. The molecule has 0 aromatic rings. The number of rotatable bonds is 5. The maximum atomic E-state index is 12.6. The van der Waals surface area contributed by atoms with Gasteiger partial charge in [-0.25, -0.2) is 0 Å². The topological polar surface area (TPSA) is 78.9 Å². The first-order valence-corrected chi connectivity index (χ1v) is 14.7. The van der Waals surface area contributed by atoms with Gasteiger partial charge in [-0.3, -0.25) is 0 Å². The van der Waals surface area contributed by atoms with E-state index in [1.54, 1.807) is 68.4 Å². The zero-order chi connectivity index (χ0) is 21.8. The van der Waals surface area contributed by atoms with Crippen LogP contribution >= 0.6 is 0 Å². The van der Waals surface area contributed by atoms with Gasteiger partial charge in [0.15, 0.2) is 0 Å². The van der Waals surface area contributed by atoms with Gasteiger partial charge in [0.05, 0.1) is 0 Å². The Kier molecular flexibility index (Phi) is 8.62. The Morgan fingerprint density at radius 1 is 0.667 bits per heavy atom. The summed E-state index contributed by atoms with van der Waals surface area (Å²) in [6, 6.07) is 0. The summed E-state index contributed by atoms with van der Waals surface area (Å²) in [4.78, 5) is 37.8. The van der Waals surface area contributed by atoms with Crippen molar-refractivity contribution in [2.75, 3.05) is 0 Å². The molecule has 0 N–H and O–H groups in total. The van der Waals surface area contributed by atoms with E-state index in [0.717, 1.165) is 5.57 Å². The van der Waals surface area contributed by atoms with Gasteiger partial charge in [-0.05, 0) is 0 Å². The normalized spacial score (nSPS) is 12.9. The van der Waals surface area contributed by atoms with Gasteiger partial charge in [-0.15, -0.1) is 0 Å². The summed E-state index contributed by atoms with van der Waals surface area (Å²) in [5.41, 5.74) is -1.53. The molecule has 0 aromatic carbocycles. The molecule has 0 heterocycles. The van der Waals surface area contributed by atoms with Gasteiger partial charge in [0.25, 0.3) is 0 Å². The Hall–Kier alpha value is -1.05. The van der Waals surface area contributed by atoms with Crippen molar-refractivity contribution in [1.29, 1.82) is 0 Å². The molecule has 0 aliphatic heterocycles. The molecule has 0 unspecified atom stereocenters. The van der Waals surface area contributed by atoms with Gasteiger partial charge in [0.1, 0.15) is 0 Å². The van der Waals surface area contributed by atoms with Gasteiger partial charge in [-0.1, -0.05) is 0 Å². The van der Waals surface area contributed by atoms with Crippen LogP contribution in [0.2, 0.25) is 4.44 Å². The molecule has 0 atom stereocenters. The van der Waals surface area contributed by atoms with Crippen molar-refractivity contribution in [1.82, 2.24) is 0 Å². The van der Waals surface area contributed by atoms with E-state index in [0.29, 0.717) is 0 Å². The zero-order valence-electron chi connectivity index (χ0n) is 18.7. The van der Waals surface area contributed by atoms with Crippen LogP contribution in [0, 0.1) is 16.2 Å². The average Bonchev–Trinajstić information content (AvgIpc) is 2.41. The minimum atomic E-state index is -4.95. The molecule has 7 heteroatoms. The van der Waals surface area contributed by atoms with Crippen LogP contribution in [0.5, 0.6) is 0 Å². The molecule has 0 amide bonds. The summed E-state index contributed by atoms with van der Waals surface area (Å²) in [5.74, 6) is -1.66. The molecule has 0 bridgehead atoms. The van der Waals surface area contributed by atoms with E-state index in [4.69, 9.17) is 9.22 Å². The van der Waals surface area contributed by atoms with Crippen LogP contribution in [0.4, 0.5) is 0 Å². The molecular weight excluding hydrogens is 455 g/mol. The van der Waals surface area contributed by atoms with E-state index in [-0.39, 0.29) is 4.44 Å². The molecule has 0 rings (SSSR count). The third-order valence-electron chi connectivity index (χ3n) is 3.34. The fourth-order valence-corrected chi connectivity index (χ4v) is 9.39. The summed E-state index contributed by atoms with van der Waals surface area (Å²) in [5, 5.41) is 0. The second-order valence-electron chi connectivity index (χ2n) is 10.1. The van der Waals surface area contributed by atoms with Crippen LogP contribution in [-0.2, 0) is 23.6 Å². The number of carbonyl (C=O) groups excluding carboxylic acids is 3. The van der Waals surface area contributed by atoms with Crippen molar-refractivity contribution in [3.8, 4) is 0 Å². The molecule has 156 valence electrons. The fraction of sp³-hybridized carbons (Fsp3) is 0.750. The predicted molar refractivity (Wildman–Crippen MR) is 107 cm³/mol. The third kappa shape index (κ3) is 9.12. The molecular formula is C20H36O6Sn. The second-order valence-corrected chi connectivity index (χ2v) is 16.9. The van der Waals surface area contributed by atoms with Crippen LogP contribution in [0.25, 0.3) is 0 Å². The van der Waals surface area contributed by atoms with Crippen LogP contribution in [0.15, 0.2) is 11.6 Å². The van der Waals surface area contributed by atoms with Crippen molar-refractivity contribution in [2.45, 2.75) is 80.6 Å². The van der Waals surface area contributed by atoms with Crippen molar-refractivity contribution in [3.63, 3.8) is 0 Å². The summed E-state index contributed by atoms with van der Waals surface area (Å²) in [6.45, 7) is 19.0. The first kappa shape index (κ1) is 25.9. The van der Waals surface area contributed by atoms with Crippen molar-refractivity contribution in [2.24, 2.45) is 16.2 Å². The SMILES string of the molecule is CC(C)=C[CH2][Sn]([O]C(=O)C(C)(C)C)([O]C(=O)C(C)(C)C)[O]C(=O)C(C)(C)C. The standard InChI is InChI=1S/3C5H10O2.C5H9.Sn/c3*1-5(2,3)4(6)7;1-4-5(2)3;/h3*1-3H3,(H,6,7);4H,1H2,2-3H3;/q;;;;+3/p-3. The van der Waals surface area contributed by atoms with Crippen LogP contribution in [0.3, 0.4) is 0 Å². The van der Waals surface area contributed by atoms with Crippen LogP contribution in [0.1, 0.15) is 76.2 Å². The Morgan fingerprint density at radius 3 is 1.11 bits per heavy atom. The number of hydrogen-bond acceptors (Lipinski definition) is 6. The average molecular weight is 491 g/mol. The Morgan fingerprint density at radius 2 is 0.926 bits per heavy atom. The molecule has 0 spiro atoms. The van der Waals surface area contributed by atoms with E-state index in [1.807, 2.05) is 13.8 Å². The van der Waals surface area contributed by atoms with Crippen molar-refractivity contribution < 1.29 is 23.6 Å². The summed E-state index contributed by atoms with van der Waals surface area (Å²) < 4.78 is 17.3. The number of carbonyl (C=O) groups is 3. The Bertz CT molecular complexity index is 526. The predicted octanol–water partition coefficient (Wildman–Crippen LogP) is 4.66.